The summed E-state index contributed by atoms with van der Waals surface area (Å²) in [5.74, 6) is 0. The summed E-state index contributed by atoms with van der Waals surface area (Å²) < 4.78 is 7.66. The molecule has 4 aromatic rings. The number of nitrogens with one attached hydrogen (secondary N) is 1. The van der Waals surface area contributed by atoms with Crippen LogP contribution >= 0.6 is 0 Å². The first-order chi connectivity index (χ1) is 18.3. The van der Waals surface area contributed by atoms with Gasteiger partial charge in [0.1, 0.15) is 5.54 Å². The van der Waals surface area contributed by atoms with Gasteiger partial charge in [-0.05, 0) is 42.5 Å². The molecule has 1 saturated heterocycles. The quantitative estimate of drug-likeness (QED) is 0.299. The van der Waals surface area contributed by atoms with E-state index in [1.54, 1.807) is 7.11 Å². The molecule has 5 rings (SSSR count). The maximum Gasteiger partial charge on any atom is 0.121 e. The molecule has 3 aromatic carbocycles. The van der Waals surface area contributed by atoms with Crippen LogP contribution in [0, 0.1) is 0 Å². The largest absolute Gasteiger partial charge is 0.385 e. The maximum absolute atomic E-state index is 5.34. The second-order valence-electron chi connectivity index (χ2n) is 9.86. The van der Waals surface area contributed by atoms with E-state index in [4.69, 9.17) is 9.72 Å². The highest BCUT2D eigenvalue weighted by molar-refractivity contribution is 5.50. The molecule has 192 valence electrons. The lowest BCUT2D eigenvalue weighted by Gasteiger charge is -2.37. The van der Waals surface area contributed by atoms with Gasteiger partial charge in [-0.2, -0.15) is 0 Å². The van der Waals surface area contributed by atoms with Crippen molar-refractivity contribution >= 4 is 0 Å². The Kier molecular flexibility index (Phi) is 8.46. The molecule has 2 heterocycles. The predicted octanol–water partition coefficient (Wildman–Crippen LogP) is 4.97. The molecule has 5 heteroatoms. The smallest absolute Gasteiger partial charge is 0.121 e. The highest BCUT2D eigenvalue weighted by Crippen LogP contribution is 2.40. The van der Waals surface area contributed by atoms with Gasteiger partial charge in [-0.1, -0.05) is 91.0 Å². The second kappa shape index (κ2) is 12.3. The van der Waals surface area contributed by atoms with Crippen LogP contribution in [0.3, 0.4) is 0 Å². The molecule has 0 aliphatic carbocycles. The number of imidazole rings is 1. The molecule has 0 radical (unpaired) electrons. The van der Waals surface area contributed by atoms with Crippen LogP contribution in [-0.2, 0) is 16.7 Å². The van der Waals surface area contributed by atoms with Crippen LogP contribution in [0.2, 0.25) is 0 Å². The van der Waals surface area contributed by atoms with E-state index in [9.17, 15) is 0 Å². The van der Waals surface area contributed by atoms with E-state index in [2.05, 4.69) is 112 Å². The summed E-state index contributed by atoms with van der Waals surface area (Å²) in [6, 6.07) is 32.9. The van der Waals surface area contributed by atoms with Crippen molar-refractivity contribution in [2.24, 2.45) is 0 Å². The number of hydrogen-bond acceptors (Lipinski definition) is 4. The number of piperazine rings is 1. The number of benzene rings is 3. The molecule has 0 unspecified atom stereocenters. The SMILES string of the molecule is COCC[C@H]1CNCCN1CCCc1cn(C(c2ccccc2)(c2ccccc2)c2ccccc2)cn1. The van der Waals surface area contributed by atoms with Gasteiger partial charge in [0.2, 0.25) is 0 Å². The van der Waals surface area contributed by atoms with Crippen LogP contribution in [0.4, 0.5) is 0 Å². The number of aryl methyl sites for hydroxylation is 1. The number of aromatic nitrogens is 2. The molecule has 1 atom stereocenters. The lowest BCUT2D eigenvalue weighted by Crippen LogP contribution is -2.51. The molecule has 0 saturated carbocycles. The van der Waals surface area contributed by atoms with E-state index in [1.165, 1.54) is 16.7 Å². The van der Waals surface area contributed by atoms with Crippen molar-refractivity contribution in [2.45, 2.75) is 30.8 Å². The van der Waals surface area contributed by atoms with Crippen molar-refractivity contribution < 1.29 is 4.74 Å². The monoisotopic (exact) mass is 494 g/mol. The lowest BCUT2D eigenvalue weighted by molar-refractivity contribution is 0.111. The summed E-state index contributed by atoms with van der Waals surface area (Å²) in [6.07, 6.45) is 7.41. The number of methoxy groups -OCH3 is 1. The third-order valence-corrected chi connectivity index (χ3v) is 7.60. The Balaban J connectivity index is 1.43. The third kappa shape index (κ3) is 5.54. The van der Waals surface area contributed by atoms with Crippen LogP contribution in [-0.4, -0.2) is 60.4 Å². The van der Waals surface area contributed by atoms with Crippen molar-refractivity contribution in [1.82, 2.24) is 19.8 Å². The summed E-state index contributed by atoms with van der Waals surface area (Å²) in [5, 5.41) is 3.54. The molecular formula is C32H38N4O. The van der Waals surface area contributed by atoms with Gasteiger partial charge in [-0.15, -0.1) is 0 Å². The predicted molar refractivity (Wildman–Crippen MR) is 150 cm³/mol. The standard InChI is InChI=1S/C32H38N4O/c1-37-23-19-31-24-33-20-22-35(31)21-11-18-30-25-36(26-34-30)32(27-12-5-2-6-13-27,28-14-7-3-8-15-28)29-16-9-4-10-17-29/h2-10,12-17,25-26,31,33H,11,18-24H2,1H3/t31-/m0/s1. The van der Waals surface area contributed by atoms with Gasteiger partial charge < -0.3 is 14.6 Å². The van der Waals surface area contributed by atoms with Crippen LogP contribution < -0.4 is 5.32 Å². The fourth-order valence-electron chi connectivity index (χ4n) is 5.76. The number of ether oxygens (including phenoxy) is 1. The molecule has 37 heavy (non-hydrogen) atoms. The highest BCUT2D eigenvalue weighted by atomic mass is 16.5. The van der Waals surface area contributed by atoms with Gasteiger partial charge in [0.05, 0.1) is 12.0 Å². The first kappa shape index (κ1) is 25.4. The molecule has 0 spiro atoms. The minimum absolute atomic E-state index is 0.501. The number of nitrogens with zero attached hydrogens (tertiary/aromatic N) is 3. The Morgan fingerprint density at radius 3 is 2.05 bits per heavy atom. The maximum atomic E-state index is 5.34. The Morgan fingerprint density at radius 1 is 0.892 bits per heavy atom. The van der Waals surface area contributed by atoms with E-state index < -0.39 is 5.54 Å². The molecular weight excluding hydrogens is 456 g/mol. The first-order valence-corrected chi connectivity index (χ1v) is 13.5. The van der Waals surface area contributed by atoms with Crippen molar-refractivity contribution in [1.29, 1.82) is 0 Å². The summed E-state index contributed by atoms with van der Waals surface area (Å²) in [6.45, 7) is 5.11. The molecule has 1 N–H and O–H groups in total. The molecule has 1 aromatic heterocycles. The van der Waals surface area contributed by atoms with Gasteiger partial charge in [0, 0.05) is 45.6 Å². The van der Waals surface area contributed by atoms with Crippen molar-refractivity contribution in [3.05, 3.63) is 126 Å². The van der Waals surface area contributed by atoms with Crippen LogP contribution in [0.15, 0.2) is 104 Å². The highest BCUT2D eigenvalue weighted by Gasteiger charge is 2.38. The van der Waals surface area contributed by atoms with E-state index in [-0.39, 0.29) is 0 Å². The Bertz CT molecular complexity index is 1110. The first-order valence-electron chi connectivity index (χ1n) is 13.5. The average molecular weight is 495 g/mol. The van der Waals surface area contributed by atoms with E-state index in [0.717, 1.165) is 57.7 Å². The van der Waals surface area contributed by atoms with Gasteiger partial charge >= 0.3 is 0 Å². The fourth-order valence-corrected chi connectivity index (χ4v) is 5.76. The van der Waals surface area contributed by atoms with Gasteiger partial charge in [0.15, 0.2) is 0 Å². The number of hydrogen-bond donors (Lipinski definition) is 1. The summed E-state index contributed by atoms with van der Waals surface area (Å²) in [5.41, 5.74) is 4.30. The molecule has 0 amide bonds. The Morgan fingerprint density at radius 2 is 1.49 bits per heavy atom. The molecule has 5 nitrogen and oxygen atoms in total. The summed E-state index contributed by atoms with van der Waals surface area (Å²) in [4.78, 5) is 7.54. The second-order valence-corrected chi connectivity index (χ2v) is 9.86. The Labute approximate surface area is 221 Å². The zero-order valence-electron chi connectivity index (χ0n) is 21.8. The molecule has 0 bridgehead atoms. The average Bonchev–Trinajstić information content (AvgIpc) is 3.44. The topological polar surface area (TPSA) is 42.3 Å². The van der Waals surface area contributed by atoms with Gasteiger partial charge in [-0.3, -0.25) is 4.90 Å². The molecule has 1 aliphatic rings. The van der Waals surface area contributed by atoms with Crippen molar-refractivity contribution in [3.8, 4) is 0 Å². The Hall–Kier alpha value is -3.25. The molecule has 1 fully saturated rings. The lowest BCUT2D eigenvalue weighted by atomic mass is 9.77. The normalized spacial score (nSPS) is 16.6. The van der Waals surface area contributed by atoms with E-state index in [0.29, 0.717) is 6.04 Å². The van der Waals surface area contributed by atoms with Crippen LogP contribution in [0.5, 0.6) is 0 Å². The fraction of sp³-hybridized carbons (Fsp3) is 0.344. The van der Waals surface area contributed by atoms with Crippen molar-refractivity contribution in [2.75, 3.05) is 39.9 Å². The molecule has 1 aliphatic heterocycles. The minimum atomic E-state index is -0.501. The van der Waals surface area contributed by atoms with Crippen LogP contribution in [0.25, 0.3) is 0 Å². The van der Waals surface area contributed by atoms with Gasteiger partial charge in [0.25, 0.3) is 0 Å². The third-order valence-electron chi connectivity index (χ3n) is 7.60. The minimum Gasteiger partial charge on any atom is -0.385 e. The zero-order valence-corrected chi connectivity index (χ0v) is 21.8. The van der Waals surface area contributed by atoms with Gasteiger partial charge in [-0.25, -0.2) is 4.98 Å². The zero-order chi connectivity index (χ0) is 25.3. The van der Waals surface area contributed by atoms with Crippen LogP contribution in [0.1, 0.15) is 35.2 Å². The number of rotatable bonds is 11. The van der Waals surface area contributed by atoms with E-state index >= 15 is 0 Å². The summed E-state index contributed by atoms with van der Waals surface area (Å²) in [7, 11) is 1.79. The van der Waals surface area contributed by atoms with Crippen molar-refractivity contribution in [3.63, 3.8) is 0 Å². The summed E-state index contributed by atoms with van der Waals surface area (Å²) >= 11 is 0. The van der Waals surface area contributed by atoms with E-state index in [1.807, 2.05) is 6.33 Å².